The molecule has 154 valence electrons. The first-order valence-electron chi connectivity index (χ1n) is 9.09. The van der Waals surface area contributed by atoms with Gasteiger partial charge in [0.1, 0.15) is 18.0 Å². The van der Waals surface area contributed by atoms with E-state index in [0.717, 1.165) is 5.56 Å². The summed E-state index contributed by atoms with van der Waals surface area (Å²) >= 11 is 6.01. The molecule has 3 N–H and O–H groups in total. The molecular weight excluding hydrogens is 401 g/mol. The lowest BCUT2D eigenvalue weighted by atomic mass is 9.85. The van der Waals surface area contributed by atoms with Gasteiger partial charge in [0.2, 0.25) is 0 Å². The van der Waals surface area contributed by atoms with Crippen molar-refractivity contribution in [1.82, 2.24) is 19.5 Å². The Labute approximate surface area is 171 Å². The number of anilines is 1. The zero-order valence-electron chi connectivity index (χ0n) is 15.9. The summed E-state index contributed by atoms with van der Waals surface area (Å²) in [4.78, 5) is 12.8. The SMILES string of the molecule is C[C@]1(O)[C@@H](CO)O[C@@H](n2cnc3c(NCc4cccc(Cl)c4)ncnc32)[C@]1(C)F. The summed E-state index contributed by atoms with van der Waals surface area (Å²) in [6.45, 7) is 2.48. The van der Waals surface area contributed by atoms with Gasteiger partial charge in [-0.2, -0.15) is 0 Å². The highest BCUT2D eigenvalue weighted by Crippen LogP contribution is 2.48. The average molecular weight is 422 g/mol. The minimum absolute atomic E-state index is 0.344. The van der Waals surface area contributed by atoms with Crippen molar-refractivity contribution in [2.75, 3.05) is 11.9 Å². The van der Waals surface area contributed by atoms with Crippen LogP contribution < -0.4 is 5.32 Å². The molecule has 10 heteroatoms. The first kappa shape index (κ1) is 20.0. The molecule has 8 nitrogen and oxygen atoms in total. The van der Waals surface area contributed by atoms with Gasteiger partial charge < -0.3 is 20.3 Å². The van der Waals surface area contributed by atoms with Gasteiger partial charge in [0.25, 0.3) is 0 Å². The molecule has 1 aromatic carbocycles. The zero-order valence-corrected chi connectivity index (χ0v) is 16.6. The molecule has 4 rings (SSSR count). The van der Waals surface area contributed by atoms with Crippen LogP contribution in [-0.4, -0.2) is 53.7 Å². The Kier molecular flexibility index (Phi) is 4.94. The quantitative estimate of drug-likeness (QED) is 0.581. The summed E-state index contributed by atoms with van der Waals surface area (Å²) in [6.07, 6.45) is 0.437. The van der Waals surface area contributed by atoms with Gasteiger partial charge in [-0.1, -0.05) is 23.7 Å². The summed E-state index contributed by atoms with van der Waals surface area (Å²) < 4.78 is 22.5. The molecule has 29 heavy (non-hydrogen) atoms. The number of nitrogens with zero attached hydrogens (tertiary/aromatic N) is 4. The van der Waals surface area contributed by atoms with E-state index in [1.807, 2.05) is 18.2 Å². The Hall–Kier alpha value is -2.33. The maximum atomic E-state index is 15.5. The van der Waals surface area contributed by atoms with E-state index in [9.17, 15) is 10.2 Å². The molecule has 1 aliphatic heterocycles. The number of rotatable bonds is 5. The molecule has 0 radical (unpaired) electrons. The van der Waals surface area contributed by atoms with E-state index >= 15 is 4.39 Å². The maximum absolute atomic E-state index is 15.5. The zero-order chi connectivity index (χ0) is 20.8. The van der Waals surface area contributed by atoms with Crippen LogP contribution in [-0.2, 0) is 11.3 Å². The highest BCUT2D eigenvalue weighted by Gasteiger charge is 2.63. The number of benzene rings is 1. The summed E-state index contributed by atoms with van der Waals surface area (Å²) in [5.41, 5.74) is -2.34. The number of nitrogens with one attached hydrogen (secondary N) is 1. The minimum Gasteiger partial charge on any atom is -0.394 e. The smallest absolute Gasteiger partial charge is 0.183 e. The number of fused-ring (bicyclic) bond motifs is 1. The number of aliphatic hydroxyl groups is 2. The molecule has 0 unspecified atom stereocenters. The summed E-state index contributed by atoms with van der Waals surface area (Å²) in [5, 5.41) is 23.9. The first-order chi connectivity index (χ1) is 13.8. The summed E-state index contributed by atoms with van der Waals surface area (Å²) in [5.74, 6) is 0.470. The standard InChI is InChI=1S/C19H21ClFN5O3/c1-18(21)17(29-13(8-27)19(18,2)28)26-10-25-14-15(23-9-24-16(14)26)22-7-11-4-3-5-12(20)6-11/h3-6,9-10,13,17,27-28H,7-8H2,1-2H3,(H,22,23,24)/t13-,17-,18+,19+/m1/s1. The van der Waals surface area contributed by atoms with E-state index in [-0.39, 0.29) is 0 Å². The number of imidazole rings is 1. The molecule has 3 heterocycles. The molecule has 0 spiro atoms. The second-order valence-electron chi connectivity index (χ2n) is 7.41. The van der Waals surface area contributed by atoms with Crippen LogP contribution >= 0.6 is 11.6 Å². The molecule has 3 aromatic rings. The summed E-state index contributed by atoms with van der Waals surface area (Å²) in [7, 11) is 0. The van der Waals surface area contributed by atoms with Crippen LogP contribution in [0.2, 0.25) is 5.02 Å². The van der Waals surface area contributed by atoms with Gasteiger partial charge in [-0.3, -0.25) is 4.57 Å². The topological polar surface area (TPSA) is 105 Å². The number of aliphatic hydroxyl groups excluding tert-OH is 1. The van der Waals surface area contributed by atoms with Crippen LogP contribution in [0.25, 0.3) is 11.2 Å². The third kappa shape index (κ3) is 3.24. The minimum atomic E-state index is -2.19. The molecule has 0 aliphatic carbocycles. The third-order valence-electron chi connectivity index (χ3n) is 5.50. The van der Waals surface area contributed by atoms with Crippen LogP contribution in [0.3, 0.4) is 0 Å². The molecule has 1 aliphatic rings. The Morgan fingerprint density at radius 3 is 2.79 bits per heavy atom. The fourth-order valence-corrected chi connectivity index (χ4v) is 3.73. The Bertz CT molecular complexity index is 1040. The van der Waals surface area contributed by atoms with Gasteiger partial charge in [-0.05, 0) is 31.5 Å². The van der Waals surface area contributed by atoms with Crippen molar-refractivity contribution in [1.29, 1.82) is 0 Å². The predicted molar refractivity (Wildman–Crippen MR) is 105 cm³/mol. The summed E-state index contributed by atoms with van der Waals surface area (Å²) in [6, 6.07) is 7.41. The third-order valence-corrected chi connectivity index (χ3v) is 5.73. The van der Waals surface area contributed by atoms with Gasteiger partial charge in [-0.15, -0.1) is 0 Å². The Morgan fingerprint density at radius 1 is 1.31 bits per heavy atom. The first-order valence-corrected chi connectivity index (χ1v) is 9.47. The van der Waals surface area contributed by atoms with Crippen molar-refractivity contribution >= 4 is 28.6 Å². The van der Waals surface area contributed by atoms with Crippen molar-refractivity contribution in [3.63, 3.8) is 0 Å². The lowest BCUT2D eigenvalue weighted by molar-refractivity contribution is -0.0891. The highest BCUT2D eigenvalue weighted by atomic mass is 35.5. The molecule has 0 amide bonds. The monoisotopic (exact) mass is 421 g/mol. The second kappa shape index (κ2) is 7.17. The second-order valence-corrected chi connectivity index (χ2v) is 7.85. The maximum Gasteiger partial charge on any atom is 0.183 e. The molecule has 0 saturated carbocycles. The largest absolute Gasteiger partial charge is 0.394 e. The number of aromatic nitrogens is 4. The fourth-order valence-electron chi connectivity index (χ4n) is 3.51. The van der Waals surface area contributed by atoms with Crippen LogP contribution in [0.4, 0.5) is 10.2 Å². The van der Waals surface area contributed by atoms with Gasteiger partial charge in [0, 0.05) is 11.6 Å². The van der Waals surface area contributed by atoms with Gasteiger partial charge in [0.05, 0.1) is 12.9 Å². The van der Waals surface area contributed by atoms with Crippen molar-refractivity contribution in [3.05, 3.63) is 47.5 Å². The van der Waals surface area contributed by atoms with Crippen LogP contribution in [0.1, 0.15) is 25.6 Å². The molecule has 1 fully saturated rings. The van der Waals surface area contributed by atoms with E-state index in [1.165, 1.54) is 31.1 Å². The van der Waals surface area contributed by atoms with Crippen LogP contribution in [0.15, 0.2) is 36.9 Å². The van der Waals surface area contributed by atoms with Crippen molar-refractivity contribution in [3.8, 4) is 0 Å². The molecule has 0 bridgehead atoms. The fraction of sp³-hybridized carbons (Fsp3) is 0.421. The molecular formula is C19H21ClFN5O3. The van der Waals surface area contributed by atoms with Crippen LogP contribution in [0, 0.1) is 0 Å². The van der Waals surface area contributed by atoms with Gasteiger partial charge in [-0.25, -0.2) is 19.3 Å². The number of alkyl halides is 1. The van der Waals surface area contributed by atoms with Crippen LogP contribution in [0.5, 0.6) is 0 Å². The Balaban J connectivity index is 1.66. The van der Waals surface area contributed by atoms with E-state index in [0.29, 0.717) is 28.5 Å². The van der Waals surface area contributed by atoms with E-state index in [2.05, 4.69) is 20.3 Å². The number of ether oxygens (including phenoxy) is 1. The van der Waals surface area contributed by atoms with E-state index in [4.69, 9.17) is 16.3 Å². The van der Waals surface area contributed by atoms with Gasteiger partial charge in [0.15, 0.2) is 28.9 Å². The van der Waals surface area contributed by atoms with E-state index < -0.39 is 30.2 Å². The average Bonchev–Trinajstić information content (AvgIpc) is 3.17. The Morgan fingerprint density at radius 2 is 2.10 bits per heavy atom. The van der Waals surface area contributed by atoms with Crippen molar-refractivity contribution in [2.45, 2.75) is 44.0 Å². The molecule has 4 atom stereocenters. The molecule has 2 aromatic heterocycles. The van der Waals surface area contributed by atoms with Crippen molar-refractivity contribution < 1.29 is 19.3 Å². The number of hydrogen-bond donors (Lipinski definition) is 3. The lowest BCUT2D eigenvalue weighted by Gasteiger charge is -2.32. The lowest BCUT2D eigenvalue weighted by Crippen LogP contribution is -2.51. The van der Waals surface area contributed by atoms with Gasteiger partial charge >= 0.3 is 0 Å². The number of hydrogen-bond acceptors (Lipinski definition) is 7. The van der Waals surface area contributed by atoms with Crippen molar-refractivity contribution in [2.24, 2.45) is 0 Å². The highest BCUT2D eigenvalue weighted by molar-refractivity contribution is 6.30. The number of halogens is 2. The van der Waals surface area contributed by atoms with E-state index in [1.54, 1.807) is 6.07 Å². The normalized spacial score (nSPS) is 29.4. The predicted octanol–water partition coefficient (Wildman–Crippen LogP) is 2.46. The molecule has 1 saturated heterocycles.